The summed E-state index contributed by atoms with van der Waals surface area (Å²) in [5, 5.41) is 2.36. The first-order valence-electron chi connectivity index (χ1n) is 8.01. The second-order valence-electron chi connectivity index (χ2n) is 5.67. The first-order chi connectivity index (χ1) is 12.6. The van der Waals surface area contributed by atoms with Gasteiger partial charge in [-0.05, 0) is 29.8 Å². The highest BCUT2D eigenvalue weighted by molar-refractivity contribution is 6.35. The number of pyridine rings is 1. The Morgan fingerprint density at radius 2 is 1.35 bits per heavy atom. The number of aromatic nitrogens is 1. The molecule has 1 heterocycles. The largest absolute Gasteiger partial charge is 0.493 e. The molecule has 0 amide bonds. The van der Waals surface area contributed by atoms with E-state index in [9.17, 15) is 0 Å². The number of halogens is 1. The Balaban J connectivity index is 2.09. The SMILES string of the molecule is COc1ccc(Cc2ncc(Cl)c3cc(OC)c(OC)cc23)cc1OC. The molecule has 1 aromatic heterocycles. The van der Waals surface area contributed by atoms with Gasteiger partial charge in [-0.25, -0.2) is 0 Å². The quantitative estimate of drug-likeness (QED) is 0.636. The predicted molar refractivity (Wildman–Crippen MR) is 102 cm³/mol. The summed E-state index contributed by atoms with van der Waals surface area (Å²) in [6, 6.07) is 9.60. The predicted octanol–water partition coefficient (Wildman–Crippen LogP) is 4.51. The lowest BCUT2D eigenvalue weighted by molar-refractivity contribution is 0.354. The van der Waals surface area contributed by atoms with E-state index in [2.05, 4.69) is 4.98 Å². The molecular weight excluding hydrogens is 354 g/mol. The monoisotopic (exact) mass is 373 g/mol. The van der Waals surface area contributed by atoms with Crippen LogP contribution in [0.2, 0.25) is 5.02 Å². The van der Waals surface area contributed by atoms with Gasteiger partial charge in [0.05, 0.1) is 39.2 Å². The van der Waals surface area contributed by atoms with Crippen LogP contribution in [-0.2, 0) is 6.42 Å². The molecule has 3 aromatic rings. The zero-order chi connectivity index (χ0) is 18.7. The van der Waals surface area contributed by atoms with Gasteiger partial charge in [-0.1, -0.05) is 17.7 Å². The zero-order valence-electron chi connectivity index (χ0n) is 15.1. The Morgan fingerprint density at radius 3 is 1.96 bits per heavy atom. The Labute approximate surface area is 157 Å². The molecule has 0 aliphatic rings. The standard InChI is InChI=1S/C20H20ClNO4/c1-23-17-6-5-12(8-18(17)24-2)7-16-14-10-20(26-4)19(25-3)9-13(14)15(21)11-22-16/h5-6,8-11H,7H2,1-4H3. The van der Waals surface area contributed by atoms with Gasteiger partial charge in [-0.3, -0.25) is 4.98 Å². The maximum Gasteiger partial charge on any atom is 0.161 e. The van der Waals surface area contributed by atoms with Gasteiger partial charge < -0.3 is 18.9 Å². The van der Waals surface area contributed by atoms with Crippen LogP contribution in [0.3, 0.4) is 0 Å². The summed E-state index contributed by atoms with van der Waals surface area (Å²) in [5.41, 5.74) is 1.94. The summed E-state index contributed by atoms with van der Waals surface area (Å²) in [4.78, 5) is 4.53. The number of fused-ring (bicyclic) bond motifs is 1. The topological polar surface area (TPSA) is 49.8 Å². The van der Waals surface area contributed by atoms with Crippen LogP contribution in [0.5, 0.6) is 23.0 Å². The highest BCUT2D eigenvalue weighted by atomic mass is 35.5. The van der Waals surface area contributed by atoms with Crippen molar-refractivity contribution in [1.29, 1.82) is 0 Å². The van der Waals surface area contributed by atoms with Gasteiger partial charge in [0.15, 0.2) is 23.0 Å². The smallest absolute Gasteiger partial charge is 0.161 e. The highest BCUT2D eigenvalue weighted by Crippen LogP contribution is 2.37. The Hall–Kier alpha value is -2.66. The fourth-order valence-electron chi connectivity index (χ4n) is 2.91. The molecule has 0 atom stereocenters. The Morgan fingerprint density at radius 1 is 0.769 bits per heavy atom. The van der Waals surface area contributed by atoms with E-state index in [0.717, 1.165) is 22.0 Å². The van der Waals surface area contributed by atoms with Gasteiger partial charge in [-0.2, -0.15) is 0 Å². The minimum Gasteiger partial charge on any atom is -0.493 e. The van der Waals surface area contributed by atoms with Crippen molar-refractivity contribution >= 4 is 22.4 Å². The molecule has 2 aromatic carbocycles. The van der Waals surface area contributed by atoms with Gasteiger partial charge in [0.1, 0.15) is 0 Å². The third kappa shape index (κ3) is 3.35. The van der Waals surface area contributed by atoms with Crippen LogP contribution in [0.1, 0.15) is 11.3 Å². The number of hydrogen-bond donors (Lipinski definition) is 0. The molecular formula is C20H20ClNO4. The maximum absolute atomic E-state index is 6.35. The van der Waals surface area contributed by atoms with Crippen molar-refractivity contribution in [3.05, 3.63) is 52.8 Å². The first kappa shape index (κ1) is 18.1. The van der Waals surface area contributed by atoms with Crippen molar-refractivity contribution in [2.75, 3.05) is 28.4 Å². The van der Waals surface area contributed by atoms with Gasteiger partial charge in [0.2, 0.25) is 0 Å². The van der Waals surface area contributed by atoms with E-state index in [1.54, 1.807) is 34.6 Å². The van der Waals surface area contributed by atoms with Crippen LogP contribution in [-0.4, -0.2) is 33.4 Å². The van der Waals surface area contributed by atoms with Gasteiger partial charge in [0.25, 0.3) is 0 Å². The third-order valence-corrected chi connectivity index (χ3v) is 4.55. The summed E-state index contributed by atoms with van der Waals surface area (Å²) in [5.74, 6) is 2.64. The summed E-state index contributed by atoms with van der Waals surface area (Å²) in [7, 11) is 6.44. The molecule has 0 N–H and O–H groups in total. The van der Waals surface area contributed by atoms with Crippen LogP contribution in [0.15, 0.2) is 36.5 Å². The van der Waals surface area contributed by atoms with Crippen LogP contribution >= 0.6 is 11.6 Å². The maximum atomic E-state index is 6.35. The van der Waals surface area contributed by atoms with E-state index in [1.807, 2.05) is 30.3 Å². The summed E-state index contributed by atoms with van der Waals surface area (Å²) >= 11 is 6.35. The molecule has 3 rings (SSSR count). The second kappa shape index (κ2) is 7.70. The lowest BCUT2D eigenvalue weighted by atomic mass is 10.0. The molecule has 0 unspecified atom stereocenters. The first-order valence-corrected chi connectivity index (χ1v) is 8.39. The molecule has 0 saturated carbocycles. The van der Waals surface area contributed by atoms with E-state index in [4.69, 9.17) is 30.5 Å². The lowest BCUT2D eigenvalue weighted by Crippen LogP contribution is -1.98. The molecule has 0 aliphatic carbocycles. The highest BCUT2D eigenvalue weighted by Gasteiger charge is 2.14. The molecule has 136 valence electrons. The second-order valence-corrected chi connectivity index (χ2v) is 6.08. The van der Waals surface area contributed by atoms with Gasteiger partial charge in [-0.15, -0.1) is 0 Å². The van der Waals surface area contributed by atoms with Crippen LogP contribution in [0.25, 0.3) is 10.8 Å². The Bertz CT molecular complexity index is 943. The fraction of sp³-hybridized carbons (Fsp3) is 0.250. The van der Waals surface area contributed by atoms with E-state index in [1.165, 1.54) is 0 Å². The Kier molecular flexibility index (Phi) is 5.38. The van der Waals surface area contributed by atoms with Crippen LogP contribution in [0.4, 0.5) is 0 Å². The minimum absolute atomic E-state index is 0.567. The molecule has 0 bridgehead atoms. The normalized spacial score (nSPS) is 10.7. The molecule has 26 heavy (non-hydrogen) atoms. The van der Waals surface area contributed by atoms with Gasteiger partial charge in [0, 0.05) is 23.4 Å². The summed E-state index contributed by atoms with van der Waals surface area (Å²) in [6.07, 6.45) is 2.27. The third-order valence-electron chi connectivity index (χ3n) is 4.25. The van der Waals surface area contributed by atoms with Crippen molar-refractivity contribution in [2.45, 2.75) is 6.42 Å². The molecule has 5 nitrogen and oxygen atoms in total. The van der Waals surface area contributed by atoms with Crippen molar-refractivity contribution in [3.8, 4) is 23.0 Å². The fourth-order valence-corrected chi connectivity index (χ4v) is 3.12. The van der Waals surface area contributed by atoms with Crippen molar-refractivity contribution in [1.82, 2.24) is 4.98 Å². The average molecular weight is 374 g/mol. The van der Waals surface area contributed by atoms with E-state index in [0.29, 0.717) is 34.4 Å². The van der Waals surface area contributed by atoms with Crippen LogP contribution in [0, 0.1) is 0 Å². The molecule has 0 aliphatic heterocycles. The summed E-state index contributed by atoms with van der Waals surface area (Å²) < 4.78 is 21.5. The molecule has 0 saturated heterocycles. The molecule has 0 spiro atoms. The van der Waals surface area contributed by atoms with Crippen molar-refractivity contribution < 1.29 is 18.9 Å². The lowest BCUT2D eigenvalue weighted by Gasteiger charge is -2.13. The van der Waals surface area contributed by atoms with E-state index >= 15 is 0 Å². The van der Waals surface area contributed by atoms with Crippen LogP contribution < -0.4 is 18.9 Å². The average Bonchev–Trinajstić information content (AvgIpc) is 2.69. The molecule has 0 radical (unpaired) electrons. The molecule has 6 heteroatoms. The summed E-state index contributed by atoms with van der Waals surface area (Å²) in [6.45, 7) is 0. The number of ether oxygens (including phenoxy) is 4. The number of rotatable bonds is 6. The van der Waals surface area contributed by atoms with E-state index in [-0.39, 0.29) is 0 Å². The van der Waals surface area contributed by atoms with Crippen molar-refractivity contribution in [3.63, 3.8) is 0 Å². The number of nitrogens with zero attached hydrogens (tertiary/aromatic N) is 1. The minimum atomic E-state index is 0.567. The zero-order valence-corrected chi connectivity index (χ0v) is 15.9. The van der Waals surface area contributed by atoms with Crippen molar-refractivity contribution in [2.24, 2.45) is 0 Å². The number of benzene rings is 2. The number of methoxy groups -OCH3 is 4. The van der Waals surface area contributed by atoms with Gasteiger partial charge >= 0.3 is 0 Å². The number of hydrogen-bond acceptors (Lipinski definition) is 5. The molecule has 0 fully saturated rings. The van der Waals surface area contributed by atoms with E-state index < -0.39 is 0 Å².